The molecule has 0 aromatic heterocycles. The minimum Gasteiger partial charge on any atom is -0.484 e. The lowest BCUT2D eigenvalue weighted by Crippen LogP contribution is -2.38. The summed E-state index contributed by atoms with van der Waals surface area (Å²) in [6.45, 7) is 3.97. The van der Waals surface area contributed by atoms with Gasteiger partial charge in [0.1, 0.15) is 5.75 Å². The number of hydrogen-bond acceptors (Lipinski definition) is 5. The molecule has 0 saturated carbocycles. The fourth-order valence-corrected chi connectivity index (χ4v) is 2.46. The number of hydrazone groups is 1. The standard InChI is InChI=1S/C21H23ClN4O4/c1-3-9-23-20(28)21(29)26-24-12-15-5-4-6-17(10-15)30-13-19(27)25-18-11-16(22)8-7-14(18)2/h4-8,10-12H,3,9,13H2,1-2H3,(H,23,28)(H,25,27)(H,26,29)/b24-12-. The highest BCUT2D eigenvalue weighted by atomic mass is 35.5. The van der Waals surface area contributed by atoms with Gasteiger partial charge in [-0.15, -0.1) is 0 Å². The summed E-state index contributed by atoms with van der Waals surface area (Å²) in [5.74, 6) is -1.47. The summed E-state index contributed by atoms with van der Waals surface area (Å²) >= 11 is 5.95. The average molecular weight is 431 g/mol. The molecule has 0 atom stereocenters. The van der Waals surface area contributed by atoms with Crippen LogP contribution in [0.3, 0.4) is 0 Å². The Hall–Kier alpha value is -3.39. The summed E-state index contributed by atoms with van der Waals surface area (Å²) in [5, 5.41) is 9.47. The maximum Gasteiger partial charge on any atom is 0.329 e. The first kappa shape index (κ1) is 22.9. The SMILES string of the molecule is CCCNC(=O)C(=O)N/N=C\c1cccc(OCC(=O)Nc2cc(Cl)ccc2C)c1. The lowest BCUT2D eigenvalue weighted by molar-refractivity contribution is -0.139. The van der Waals surface area contributed by atoms with Crippen LogP contribution in [0.15, 0.2) is 47.6 Å². The first-order valence-corrected chi connectivity index (χ1v) is 9.67. The minimum atomic E-state index is -0.847. The highest BCUT2D eigenvalue weighted by molar-refractivity contribution is 6.35. The largest absolute Gasteiger partial charge is 0.484 e. The Balaban J connectivity index is 1.86. The lowest BCUT2D eigenvalue weighted by atomic mass is 10.2. The van der Waals surface area contributed by atoms with Gasteiger partial charge in [0.05, 0.1) is 6.21 Å². The third-order valence-corrected chi connectivity index (χ3v) is 4.06. The van der Waals surface area contributed by atoms with E-state index in [1.807, 2.05) is 19.9 Å². The van der Waals surface area contributed by atoms with Crippen molar-refractivity contribution < 1.29 is 19.1 Å². The zero-order valence-electron chi connectivity index (χ0n) is 16.7. The second-order valence-electron chi connectivity index (χ2n) is 6.32. The van der Waals surface area contributed by atoms with Gasteiger partial charge in [-0.3, -0.25) is 14.4 Å². The number of carbonyl (C=O) groups is 3. The fourth-order valence-electron chi connectivity index (χ4n) is 2.28. The van der Waals surface area contributed by atoms with Gasteiger partial charge in [-0.25, -0.2) is 5.43 Å². The molecule has 158 valence electrons. The molecule has 0 saturated heterocycles. The predicted molar refractivity (Wildman–Crippen MR) is 116 cm³/mol. The van der Waals surface area contributed by atoms with Crippen molar-refractivity contribution in [3.63, 3.8) is 0 Å². The Labute approximate surface area is 179 Å². The number of amides is 3. The molecule has 30 heavy (non-hydrogen) atoms. The van der Waals surface area contributed by atoms with E-state index in [2.05, 4.69) is 21.2 Å². The number of carbonyl (C=O) groups excluding carboxylic acids is 3. The Morgan fingerprint density at radius 2 is 1.93 bits per heavy atom. The third-order valence-electron chi connectivity index (χ3n) is 3.82. The van der Waals surface area contributed by atoms with Crippen LogP contribution in [-0.4, -0.2) is 37.1 Å². The lowest BCUT2D eigenvalue weighted by Gasteiger charge is -2.10. The first-order valence-electron chi connectivity index (χ1n) is 9.29. The van der Waals surface area contributed by atoms with Crippen LogP contribution < -0.4 is 20.8 Å². The number of ether oxygens (including phenoxy) is 1. The summed E-state index contributed by atoms with van der Waals surface area (Å²) in [5.41, 5.74) is 4.27. The van der Waals surface area contributed by atoms with Crippen LogP contribution in [0.1, 0.15) is 24.5 Å². The number of benzene rings is 2. The van der Waals surface area contributed by atoms with Crippen molar-refractivity contribution in [2.24, 2.45) is 5.10 Å². The Morgan fingerprint density at radius 3 is 2.70 bits per heavy atom. The third kappa shape index (κ3) is 7.56. The van der Waals surface area contributed by atoms with Gasteiger partial charge in [-0.05, 0) is 48.7 Å². The summed E-state index contributed by atoms with van der Waals surface area (Å²) in [6, 6.07) is 12.0. The van der Waals surface area contributed by atoms with Crippen molar-refractivity contribution >= 4 is 41.2 Å². The van der Waals surface area contributed by atoms with E-state index in [1.165, 1.54) is 6.21 Å². The van der Waals surface area contributed by atoms with Gasteiger partial charge in [0.25, 0.3) is 5.91 Å². The molecule has 0 unspecified atom stereocenters. The van der Waals surface area contributed by atoms with Crippen LogP contribution in [0, 0.1) is 6.92 Å². The number of nitrogens with one attached hydrogen (secondary N) is 3. The zero-order chi connectivity index (χ0) is 21.9. The highest BCUT2D eigenvalue weighted by Crippen LogP contribution is 2.20. The van der Waals surface area contributed by atoms with Gasteiger partial charge < -0.3 is 15.4 Å². The van der Waals surface area contributed by atoms with E-state index < -0.39 is 11.8 Å². The molecule has 0 aliphatic rings. The molecule has 0 bridgehead atoms. The maximum atomic E-state index is 12.1. The van der Waals surface area contributed by atoms with E-state index >= 15 is 0 Å². The molecule has 3 N–H and O–H groups in total. The van der Waals surface area contributed by atoms with Gasteiger partial charge in [-0.2, -0.15) is 5.10 Å². The van der Waals surface area contributed by atoms with Crippen LogP contribution in [0.4, 0.5) is 5.69 Å². The highest BCUT2D eigenvalue weighted by Gasteiger charge is 2.11. The van der Waals surface area contributed by atoms with Crippen LogP contribution in [0.5, 0.6) is 5.75 Å². The van der Waals surface area contributed by atoms with Crippen molar-refractivity contribution in [1.82, 2.24) is 10.7 Å². The van der Waals surface area contributed by atoms with Gasteiger partial charge in [0, 0.05) is 17.3 Å². The van der Waals surface area contributed by atoms with Gasteiger partial charge >= 0.3 is 11.8 Å². The number of hydrogen-bond donors (Lipinski definition) is 3. The van der Waals surface area contributed by atoms with Crippen molar-refractivity contribution in [1.29, 1.82) is 0 Å². The van der Waals surface area contributed by atoms with Crippen LogP contribution in [0.2, 0.25) is 5.02 Å². The number of aryl methyl sites for hydroxylation is 1. The van der Waals surface area contributed by atoms with Gasteiger partial charge in [-0.1, -0.05) is 36.7 Å². The molecule has 0 fully saturated rings. The fraction of sp³-hybridized carbons (Fsp3) is 0.238. The molecule has 9 heteroatoms. The number of halogens is 1. The van der Waals surface area contributed by atoms with E-state index in [4.69, 9.17) is 16.3 Å². The maximum absolute atomic E-state index is 12.1. The Morgan fingerprint density at radius 1 is 1.13 bits per heavy atom. The van der Waals surface area contributed by atoms with E-state index in [0.717, 1.165) is 12.0 Å². The van der Waals surface area contributed by atoms with Crippen LogP contribution in [0.25, 0.3) is 0 Å². The Bertz CT molecular complexity index is 946. The van der Waals surface area contributed by atoms with Crippen molar-refractivity contribution in [2.75, 3.05) is 18.5 Å². The molecule has 2 aromatic carbocycles. The monoisotopic (exact) mass is 430 g/mol. The van der Waals surface area contributed by atoms with Crippen LogP contribution >= 0.6 is 11.6 Å². The van der Waals surface area contributed by atoms with Gasteiger partial charge in [0.15, 0.2) is 6.61 Å². The molecule has 0 spiro atoms. The summed E-state index contributed by atoms with van der Waals surface area (Å²) in [4.78, 5) is 35.1. The molecule has 8 nitrogen and oxygen atoms in total. The van der Waals surface area contributed by atoms with Crippen molar-refractivity contribution in [3.05, 3.63) is 58.6 Å². The summed E-state index contributed by atoms with van der Waals surface area (Å²) in [6.07, 6.45) is 2.10. The molecule has 2 aromatic rings. The van der Waals surface area contributed by atoms with Crippen LogP contribution in [-0.2, 0) is 14.4 Å². The predicted octanol–water partition coefficient (Wildman–Crippen LogP) is 2.64. The van der Waals surface area contributed by atoms with E-state index in [1.54, 1.807) is 36.4 Å². The number of rotatable bonds is 8. The molecule has 2 rings (SSSR count). The summed E-state index contributed by atoms with van der Waals surface area (Å²) < 4.78 is 5.50. The first-order chi connectivity index (χ1) is 14.4. The topological polar surface area (TPSA) is 109 Å². The second kappa shape index (κ2) is 11.6. The second-order valence-corrected chi connectivity index (χ2v) is 6.76. The molecule has 3 amide bonds. The van der Waals surface area contributed by atoms with E-state index in [0.29, 0.717) is 28.6 Å². The molecular weight excluding hydrogens is 408 g/mol. The zero-order valence-corrected chi connectivity index (χ0v) is 17.5. The van der Waals surface area contributed by atoms with Crippen molar-refractivity contribution in [3.8, 4) is 5.75 Å². The minimum absolute atomic E-state index is 0.194. The average Bonchev–Trinajstić information content (AvgIpc) is 2.73. The molecule has 0 radical (unpaired) electrons. The normalized spacial score (nSPS) is 10.5. The molecular formula is C21H23ClN4O4. The van der Waals surface area contributed by atoms with E-state index in [-0.39, 0.29) is 12.5 Å². The van der Waals surface area contributed by atoms with Gasteiger partial charge in [0.2, 0.25) is 0 Å². The molecule has 0 heterocycles. The number of anilines is 1. The van der Waals surface area contributed by atoms with E-state index in [9.17, 15) is 14.4 Å². The smallest absolute Gasteiger partial charge is 0.329 e. The summed E-state index contributed by atoms with van der Waals surface area (Å²) in [7, 11) is 0. The molecule has 0 aliphatic carbocycles. The van der Waals surface area contributed by atoms with Crippen molar-refractivity contribution in [2.45, 2.75) is 20.3 Å². The molecule has 0 aliphatic heterocycles. The number of nitrogens with zero attached hydrogens (tertiary/aromatic N) is 1. The Kier molecular flexibility index (Phi) is 8.83. The quantitative estimate of drug-likeness (QED) is 0.340.